The minimum atomic E-state index is -0.369. The topological polar surface area (TPSA) is 118 Å². The zero-order valence-electron chi connectivity index (χ0n) is 25.7. The number of aromatic nitrogens is 5. The summed E-state index contributed by atoms with van der Waals surface area (Å²) >= 11 is 0. The largest absolute Gasteiger partial charge is 0.392 e. The van der Waals surface area contributed by atoms with Gasteiger partial charge in [-0.15, -0.1) is 0 Å². The molecule has 44 heavy (non-hydrogen) atoms. The molecule has 2 aromatic carbocycles. The predicted molar refractivity (Wildman–Crippen MR) is 173 cm³/mol. The van der Waals surface area contributed by atoms with Crippen molar-refractivity contribution >= 4 is 22.3 Å². The molecule has 0 bridgehead atoms. The number of anilines is 2. The Morgan fingerprint density at radius 2 is 1.82 bits per heavy atom. The molecule has 4 heterocycles. The summed E-state index contributed by atoms with van der Waals surface area (Å²) in [5.74, 6) is 0.543. The van der Waals surface area contributed by atoms with Gasteiger partial charge in [0.15, 0.2) is 0 Å². The van der Waals surface area contributed by atoms with Crippen LogP contribution in [-0.4, -0.2) is 48.1 Å². The summed E-state index contributed by atoms with van der Waals surface area (Å²) in [7, 11) is 3.70. The molecule has 0 spiro atoms. The number of nitrogens with one attached hydrogen (secondary N) is 1. The van der Waals surface area contributed by atoms with E-state index in [2.05, 4.69) is 53.2 Å². The Kier molecular flexibility index (Phi) is 7.65. The summed E-state index contributed by atoms with van der Waals surface area (Å²) in [5, 5.41) is 24.0. The highest BCUT2D eigenvalue weighted by molar-refractivity contribution is 5.82. The highest BCUT2D eigenvalue weighted by Crippen LogP contribution is 2.31. The molecule has 6 rings (SSSR count). The van der Waals surface area contributed by atoms with Gasteiger partial charge in [0, 0.05) is 35.8 Å². The molecule has 10 nitrogen and oxygen atoms in total. The first kappa shape index (κ1) is 29.4. The first-order valence-electron chi connectivity index (χ1n) is 14.8. The highest BCUT2D eigenvalue weighted by Gasteiger charge is 2.23. The zero-order chi connectivity index (χ0) is 31.2. The first-order valence-corrected chi connectivity index (χ1v) is 14.8. The molecule has 1 fully saturated rings. The molecule has 1 aliphatic rings. The van der Waals surface area contributed by atoms with E-state index in [0.717, 1.165) is 35.9 Å². The molecule has 1 aliphatic heterocycles. The van der Waals surface area contributed by atoms with Gasteiger partial charge in [0.1, 0.15) is 11.5 Å². The van der Waals surface area contributed by atoms with Gasteiger partial charge >= 0.3 is 0 Å². The van der Waals surface area contributed by atoms with Crippen LogP contribution in [-0.2, 0) is 19.1 Å². The quantitative estimate of drug-likeness (QED) is 0.288. The van der Waals surface area contributed by atoms with Crippen LogP contribution in [0, 0.1) is 0 Å². The summed E-state index contributed by atoms with van der Waals surface area (Å²) in [6, 6.07) is 17.0. The third-order valence-electron chi connectivity index (χ3n) is 8.48. The molecular formula is C34H37N7O3. The summed E-state index contributed by atoms with van der Waals surface area (Å²) < 4.78 is 2.56. The molecule has 10 heteroatoms. The van der Waals surface area contributed by atoms with Gasteiger partial charge < -0.3 is 10.4 Å². The second kappa shape index (κ2) is 11.4. The van der Waals surface area contributed by atoms with E-state index in [1.54, 1.807) is 37.5 Å². The lowest BCUT2D eigenvalue weighted by atomic mass is 9.86. The minimum absolute atomic E-state index is 0.0655. The lowest BCUT2D eigenvalue weighted by Crippen LogP contribution is -2.24. The van der Waals surface area contributed by atoms with Crippen LogP contribution in [0.4, 0.5) is 11.5 Å². The van der Waals surface area contributed by atoms with Crippen molar-refractivity contribution in [3.8, 4) is 16.9 Å². The lowest BCUT2D eigenvalue weighted by molar-refractivity contribution is 0.281. The van der Waals surface area contributed by atoms with E-state index in [4.69, 9.17) is 0 Å². The number of fused-ring (bicyclic) bond motifs is 1. The van der Waals surface area contributed by atoms with Crippen molar-refractivity contribution in [1.29, 1.82) is 0 Å². The molecule has 3 aromatic heterocycles. The smallest absolute Gasteiger partial charge is 0.290 e. The second-order valence-corrected chi connectivity index (χ2v) is 12.5. The summed E-state index contributed by atoms with van der Waals surface area (Å²) in [6.07, 6.45) is 5.80. The minimum Gasteiger partial charge on any atom is -0.392 e. The van der Waals surface area contributed by atoms with Crippen LogP contribution in [0.15, 0.2) is 76.6 Å². The SMILES string of the molecule is CN1CCCC1c1ccc(Nc2cc(-c3cccc(-n4ncc5cc(C(C)(C)C)ccc5c4=O)c3CO)nn(C)c2=O)nc1. The molecule has 0 amide bonds. The predicted octanol–water partition coefficient (Wildman–Crippen LogP) is 4.84. The van der Waals surface area contributed by atoms with E-state index < -0.39 is 0 Å². The first-order chi connectivity index (χ1) is 21.0. The Hall–Kier alpha value is -4.67. The van der Waals surface area contributed by atoms with Gasteiger partial charge in [-0.05, 0) is 73.3 Å². The van der Waals surface area contributed by atoms with Crippen molar-refractivity contribution in [2.75, 3.05) is 18.9 Å². The number of hydrogen-bond acceptors (Lipinski definition) is 8. The van der Waals surface area contributed by atoms with Crippen molar-refractivity contribution in [3.05, 3.63) is 104 Å². The maximum absolute atomic E-state index is 13.6. The van der Waals surface area contributed by atoms with Gasteiger partial charge in [-0.2, -0.15) is 14.9 Å². The maximum atomic E-state index is 13.6. The average Bonchev–Trinajstić information content (AvgIpc) is 3.44. The van der Waals surface area contributed by atoms with Crippen LogP contribution in [0.1, 0.15) is 56.3 Å². The number of rotatable bonds is 6. The Labute approximate surface area is 255 Å². The van der Waals surface area contributed by atoms with Crippen LogP contribution < -0.4 is 16.4 Å². The number of aryl methyl sites for hydroxylation is 1. The number of nitrogens with zero attached hydrogens (tertiary/aromatic N) is 6. The van der Waals surface area contributed by atoms with Gasteiger partial charge in [-0.25, -0.2) is 9.67 Å². The van der Waals surface area contributed by atoms with Crippen LogP contribution >= 0.6 is 0 Å². The van der Waals surface area contributed by atoms with Gasteiger partial charge in [0.25, 0.3) is 11.1 Å². The molecule has 5 aromatic rings. The molecule has 2 N–H and O–H groups in total. The number of aliphatic hydroxyl groups excluding tert-OH is 1. The van der Waals surface area contributed by atoms with Gasteiger partial charge in [-0.3, -0.25) is 14.5 Å². The van der Waals surface area contributed by atoms with Gasteiger partial charge in [0.2, 0.25) is 0 Å². The fourth-order valence-corrected chi connectivity index (χ4v) is 5.94. The van der Waals surface area contributed by atoms with E-state index in [9.17, 15) is 14.7 Å². The number of hydrogen-bond donors (Lipinski definition) is 2. The maximum Gasteiger partial charge on any atom is 0.290 e. The normalized spacial score (nSPS) is 15.6. The second-order valence-electron chi connectivity index (χ2n) is 12.5. The molecule has 0 radical (unpaired) electrons. The Bertz CT molecular complexity index is 1970. The Morgan fingerprint density at radius 1 is 1.00 bits per heavy atom. The fraction of sp³-hybridized carbons (Fsp3) is 0.324. The number of pyridine rings is 1. The van der Waals surface area contributed by atoms with Crippen LogP contribution in [0.2, 0.25) is 0 Å². The number of aliphatic hydroxyl groups is 1. The van der Waals surface area contributed by atoms with Crippen molar-refractivity contribution < 1.29 is 5.11 Å². The van der Waals surface area contributed by atoms with Gasteiger partial charge in [0.05, 0.1) is 29.6 Å². The van der Waals surface area contributed by atoms with Crippen molar-refractivity contribution in [2.45, 2.75) is 51.7 Å². The molecular weight excluding hydrogens is 554 g/mol. The lowest BCUT2D eigenvalue weighted by Gasteiger charge is -2.20. The summed E-state index contributed by atoms with van der Waals surface area (Å²) in [6.45, 7) is 7.07. The Balaban J connectivity index is 1.37. The van der Waals surface area contributed by atoms with Gasteiger partial charge in [-0.1, -0.05) is 45.0 Å². The van der Waals surface area contributed by atoms with E-state index in [0.29, 0.717) is 45.4 Å². The third kappa shape index (κ3) is 5.42. The molecule has 0 saturated carbocycles. The molecule has 1 unspecified atom stereocenters. The Morgan fingerprint density at radius 3 is 2.50 bits per heavy atom. The molecule has 1 saturated heterocycles. The van der Waals surface area contributed by atoms with Crippen molar-refractivity contribution in [1.82, 2.24) is 29.4 Å². The van der Waals surface area contributed by atoms with E-state index in [-0.39, 0.29) is 23.1 Å². The highest BCUT2D eigenvalue weighted by atomic mass is 16.3. The zero-order valence-corrected chi connectivity index (χ0v) is 25.7. The molecule has 226 valence electrons. The summed E-state index contributed by atoms with van der Waals surface area (Å²) in [5.41, 5.74) is 3.81. The average molecular weight is 592 g/mol. The van der Waals surface area contributed by atoms with E-state index >= 15 is 0 Å². The van der Waals surface area contributed by atoms with Crippen LogP contribution in [0.3, 0.4) is 0 Å². The van der Waals surface area contributed by atoms with Crippen molar-refractivity contribution in [3.63, 3.8) is 0 Å². The molecule has 1 atom stereocenters. The molecule has 0 aliphatic carbocycles. The monoisotopic (exact) mass is 591 g/mol. The van der Waals surface area contributed by atoms with E-state index in [1.807, 2.05) is 36.5 Å². The fourth-order valence-electron chi connectivity index (χ4n) is 5.94. The third-order valence-corrected chi connectivity index (χ3v) is 8.48. The summed E-state index contributed by atoms with van der Waals surface area (Å²) in [4.78, 5) is 33.6. The number of likely N-dealkylation sites (tertiary alicyclic amines) is 1. The van der Waals surface area contributed by atoms with Crippen LogP contribution in [0.5, 0.6) is 0 Å². The van der Waals surface area contributed by atoms with Crippen LogP contribution in [0.25, 0.3) is 27.7 Å². The van der Waals surface area contributed by atoms with E-state index in [1.165, 1.54) is 9.36 Å². The standard InChI is InChI=1S/C34H37N7O3/c1-34(2,3)23-12-13-24-22(16-23)19-36-41(32(24)43)30-9-6-8-25(26(30)20-42)27-17-28(33(44)40(5)38-27)37-31-14-11-21(18-35-31)29-10-7-15-39(29)4/h6,8-9,11-14,16-19,29,42H,7,10,15,20H2,1-5H3,(H,35,37). The number of benzene rings is 2. The van der Waals surface area contributed by atoms with Crippen molar-refractivity contribution in [2.24, 2.45) is 7.05 Å².